The van der Waals surface area contributed by atoms with Gasteiger partial charge in [-0.3, -0.25) is 14.3 Å². The first-order chi connectivity index (χ1) is 14.6. The molecule has 1 aromatic carbocycles. The lowest BCUT2D eigenvalue weighted by atomic mass is 9.97. The summed E-state index contributed by atoms with van der Waals surface area (Å²) in [6.07, 6.45) is 5.36. The van der Waals surface area contributed by atoms with E-state index in [9.17, 15) is 14.3 Å². The molecule has 1 N–H and O–H groups in total. The Morgan fingerprint density at radius 1 is 1.13 bits per heavy atom. The van der Waals surface area contributed by atoms with Crippen molar-refractivity contribution in [3.8, 4) is 0 Å². The Morgan fingerprint density at radius 3 is 2.70 bits per heavy atom. The molecule has 1 atom stereocenters. The van der Waals surface area contributed by atoms with Crippen LogP contribution in [-0.4, -0.2) is 32.6 Å². The lowest BCUT2D eigenvalue weighted by molar-refractivity contribution is 0.147. The van der Waals surface area contributed by atoms with Crippen LogP contribution in [0.1, 0.15) is 53.6 Å². The fraction of sp³-hybridized carbons (Fsp3) is 0.478. The number of nitrogens with zero attached hydrogens (tertiary/aromatic N) is 3. The summed E-state index contributed by atoms with van der Waals surface area (Å²) in [4.78, 5) is 22.9. The molecular weight excluding hydrogens is 401 g/mol. The molecule has 5 nitrogen and oxygen atoms in total. The molecule has 30 heavy (non-hydrogen) atoms. The third-order valence-corrected chi connectivity index (χ3v) is 7.52. The number of aliphatic hydroxyl groups is 1. The van der Waals surface area contributed by atoms with E-state index in [1.54, 1.807) is 34.1 Å². The summed E-state index contributed by atoms with van der Waals surface area (Å²) < 4.78 is 15.8. The van der Waals surface area contributed by atoms with Crippen molar-refractivity contribution >= 4 is 21.6 Å². The second-order valence-electron chi connectivity index (χ2n) is 8.36. The van der Waals surface area contributed by atoms with Gasteiger partial charge in [0.05, 0.1) is 24.6 Å². The van der Waals surface area contributed by atoms with Gasteiger partial charge in [-0.1, -0.05) is 18.2 Å². The van der Waals surface area contributed by atoms with Crippen LogP contribution in [0.15, 0.2) is 29.1 Å². The van der Waals surface area contributed by atoms with Crippen molar-refractivity contribution in [2.24, 2.45) is 0 Å². The number of aliphatic hydroxyl groups excluding tert-OH is 1. The molecule has 1 aliphatic carbocycles. The van der Waals surface area contributed by atoms with Gasteiger partial charge >= 0.3 is 0 Å². The molecule has 7 heteroatoms. The van der Waals surface area contributed by atoms with Gasteiger partial charge in [-0.15, -0.1) is 11.3 Å². The van der Waals surface area contributed by atoms with Gasteiger partial charge in [0.2, 0.25) is 0 Å². The molecule has 0 radical (unpaired) electrons. The predicted molar refractivity (Wildman–Crippen MR) is 116 cm³/mol. The van der Waals surface area contributed by atoms with Crippen LogP contribution in [-0.2, 0) is 25.9 Å². The van der Waals surface area contributed by atoms with Gasteiger partial charge in [0.25, 0.3) is 5.56 Å². The summed E-state index contributed by atoms with van der Waals surface area (Å²) in [5, 5.41) is 11.5. The molecule has 0 amide bonds. The van der Waals surface area contributed by atoms with E-state index in [1.807, 2.05) is 0 Å². The molecule has 1 aliphatic heterocycles. The fourth-order valence-corrected chi connectivity index (χ4v) is 6.02. The quantitative estimate of drug-likeness (QED) is 0.673. The van der Waals surface area contributed by atoms with Gasteiger partial charge in [0.15, 0.2) is 0 Å². The highest BCUT2D eigenvalue weighted by Gasteiger charge is 2.25. The van der Waals surface area contributed by atoms with Crippen LogP contribution in [0.25, 0.3) is 10.2 Å². The number of aryl methyl sites for hydroxylation is 2. The Hall–Kier alpha value is -2.09. The topological polar surface area (TPSA) is 58.4 Å². The largest absolute Gasteiger partial charge is 0.386 e. The highest BCUT2D eigenvalue weighted by atomic mass is 32.1. The number of halogens is 1. The first-order valence-corrected chi connectivity index (χ1v) is 11.6. The highest BCUT2D eigenvalue weighted by Crippen LogP contribution is 2.34. The number of likely N-dealkylation sites (tertiary alicyclic amines) is 1. The Morgan fingerprint density at radius 2 is 1.90 bits per heavy atom. The minimum Gasteiger partial charge on any atom is -0.386 e. The minimum atomic E-state index is -1.10. The maximum Gasteiger partial charge on any atom is 0.262 e. The van der Waals surface area contributed by atoms with Crippen molar-refractivity contribution < 1.29 is 9.50 Å². The van der Waals surface area contributed by atoms with E-state index >= 15 is 0 Å². The van der Waals surface area contributed by atoms with Gasteiger partial charge in [-0.05, 0) is 63.2 Å². The molecule has 0 saturated carbocycles. The number of fused-ring (bicyclic) bond motifs is 3. The molecule has 2 aliphatic rings. The number of rotatable bonds is 5. The van der Waals surface area contributed by atoms with Crippen LogP contribution < -0.4 is 5.56 Å². The maximum absolute atomic E-state index is 14.2. The molecule has 1 fully saturated rings. The first-order valence-electron chi connectivity index (χ1n) is 10.8. The second kappa shape index (κ2) is 8.21. The van der Waals surface area contributed by atoms with Crippen molar-refractivity contribution in [3.05, 3.63) is 62.3 Å². The maximum atomic E-state index is 14.2. The van der Waals surface area contributed by atoms with Crippen molar-refractivity contribution in [2.75, 3.05) is 13.1 Å². The molecule has 158 valence electrons. The molecule has 5 rings (SSSR count). The van der Waals surface area contributed by atoms with Crippen molar-refractivity contribution in [2.45, 2.75) is 57.7 Å². The summed E-state index contributed by atoms with van der Waals surface area (Å²) in [5.74, 6) is 0.212. The van der Waals surface area contributed by atoms with E-state index in [2.05, 4.69) is 4.90 Å². The number of hydrogen-bond donors (Lipinski definition) is 1. The van der Waals surface area contributed by atoms with E-state index in [0.29, 0.717) is 17.8 Å². The van der Waals surface area contributed by atoms with Crippen molar-refractivity contribution in [1.29, 1.82) is 0 Å². The van der Waals surface area contributed by atoms with Gasteiger partial charge in [0.1, 0.15) is 16.5 Å². The first kappa shape index (κ1) is 19.8. The van der Waals surface area contributed by atoms with Crippen molar-refractivity contribution in [1.82, 2.24) is 14.5 Å². The second-order valence-corrected chi connectivity index (χ2v) is 9.44. The number of aromatic nitrogens is 2. The number of benzene rings is 1. The fourth-order valence-electron chi connectivity index (χ4n) is 4.75. The molecule has 0 spiro atoms. The van der Waals surface area contributed by atoms with Crippen LogP contribution in [0.4, 0.5) is 4.39 Å². The van der Waals surface area contributed by atoms with Crippen LogP contribution in [0.2, 0.25) is 0 Å². The predicted octanol–water partition coefficient (Wildman–Crippen LogP) is 3.81. The Bertz CT molecular complexity index is 1130. The Kier molecular flexibility index (Phi) is 5.43. The molecule has 3 heterocycles. The average Bonchev–Trinajstić information content (AvgIpc) is 3.38. The zero-order valence-corrected chi connectivity index (χ0v) is 17.8. The van der Waals surface area contributed by atoms with E-state index in [1.165, 1.54) is 10.9 Å². The smallest absolute Gasteiger partial charge is 0.262 e. The van der Waals surface area contributed by atoms with Crippen LogP contribution in [0.3, 0.4) is 0 Å². The summed E-state index contributed by atoms with van der Waals surface area (Å²) in [5.41, 5.74) is 1.26. The minimum absolute atomic E-state index is 0.0104. The zero-order valence-electron chi connectivity index (χ0n) is 16.9. The molecule has 3 aromatic rings. The third kappa shape index (κ3) is 3.59. The molecular formula is C23H26FN3O2S. The molecule has 2 aromatic heterocycles. The molecule has 1 saturated heterocycles. The van der Waals surface area contributed by atoms with Crippen LogP contribution in [0.5, 0.6) is 0 Å². The van der Waals surface area contributed by atoms with Gasteiger partial charge < -0.3 is 5.11 Å². The lowest BCUT2D eigenvalue weighted by Gasteiger charge is -2.20. The normalized spacial score (nSPS) is 18.1. The number of thiophene rings is 1. The molecule has 0 bridgehead atoms. The summed E-state index contributed by atoms with van der Waals surface area (Å²) in [6.45, 7) is 2.57. The number of hydrogen-bond acceptors (Lipinski definition) is 5. The summed E-state index contributed by atoms with van der Waals surface area (Å²) >= 11 is 1.65. The summed E-state index contributed by atoms with van der Waals surface area (Å²) in [6, 6.07) is 6.21. The van der Waals surface area contributed by atoms with E-state index in [-0.39, 0.29) is 17.7 Å². The van der Waals surface area contributed by atoms with Crippen LogP contribution in [0, 0.1) is 5.82 Å². The third-order valence-electron chi connectivity index (χ3n) is 6.34. The van der Waals surface area contributed by atoms with Crippen LogP contribution >= 0.6 is 11.3 Å². The highest BCUT2D eigenvalue weighted by molar-refractivity contribution is 7.18. The summed E-state index contributed by atoms with van der Waals surface area (Å²) in [7, 11) is 0. The van der Waals surface area contributed by atoms with Gasteiger partial charge in [-0.2, -0.15) is 0 Å². The van der Waals surface area contributed by atoms with Gasteiger partial charge in [0, 0.05) is 10.4 Å². The Labute approximate surface area is 178 Å². The molecule has 0 unspecified atom stereocenters. The SMILES string of the molecule is O=c1c2c3c(sc2nc(CN2CCCC2)n1C[C@@H](O)c1ccccc1F)CCCC3. The average molecular weight is 428 g/mol. The van der Waals surface area contributed by atoms with E-state index in [4.69, 9.17) is 4.98 Å². The zero-order chi connectivity index (χ0) is 20.7. The monoisotopic (exact) mass is 427 g/mol. The Balaban J connectivity index is 1.60. The van der Waals surface area contributed by atoms with Gasteiger partial charge in [-0.25, -0.2) is 9.37 Å². The van der Waals surface area contributed by atoms with Crippen molar-refractivity contribution in [3.63, 3.8) is 0 Å². The van der Waals surface area contributed by atoms with E-state index < -0.39 is 11.9 Å². The standard InChI is InChI=1S/C23H26FN3O2S/c24-17-9-3-1-7-15(17)18(28)13-27-20(14-26-11-5-6-12-26)25-22-21(23(27)29)16-8-2-4-10-19(16)30-22/h1,3,7,9,18,28H,2,4-6,8,10-14H2/t18-/m1/s1. The van der Waals surface area contributed by atoms with E-state index in [0.717, 1.165) is 62.0 Å². The lowest BCUT2D eigenvalue weighted by Crippen LogP contribution is -2.32.